The van der Waals surface area contributed by atoms with E-state index >= 15 is 0 Å². The Kier molecular flexibility index (Phi) is 6.06. The maximum absolute atomic E-state index is 5.91. The first-order chi connectivity index (χ1) is 5.99. The van der Waals surface area contributed by atoms with E-state index in [1.165, 1.54) is 12.8 Å². The van der Waals surface area contributed by atoms with E-state index in [-0.39, 0.29) is 5.60 Å². The predicted octanol–water partition coefficient (Wildman–Crippen LogP) is 3.94. The summed E-state index contributed by atoms with van der Waals surface area (Å²) in [6.45, 7) is 12.3. The van der Waals surface area contributed by atoms with Gasteiger partial charge >= 0.3 is 0 Å². The molecule has 0 amide bonds. The lowest BCUT2D eigenvalue weighted by Crippen LogP contribution is -2.27. The minimum absolute atomic E-state index is 0.0264. The molecule has 1 unspecified atom stereocenters. The van der Waals surface area contributed by atoms with Gasteiger partial charge in [0.15, 0.2) is 0 Å². The van der Waals surface area contributed by atoms with Gasteiger partial charge in [-0.3, -0.25) is 0 Å². The molecule has 78 valence electrons. The first-order valence-corrected chi connectivity index (χ1v) is 5.28. The molecule has 0 aromatic heterocycles. The summed E-state index contributed by atoms with van der Waals surface area (Å²) < 4.78 is 5.91. The van der Waals surface area contributed by atoms with Crippen molar-refractivity contribution in [2.75, 3.05) is 0 Å². The smallest absolute Gasteiger partial charge is 0.0616 e. The zero-order valence-corrected chi connectivity index (χ0v) is 9.60. The maximum Gasteiger partial charge on any atom is 0.0616 e. The fraction of sp³-hybridized carbons (Fsp3) is 0.833. The van der Waals surface area contributed by atoms with Crippen LogP contribution in [-0.2, 0) is 4.74 Å². The average Bonchev–Trinajstić information content (AvgIpc) is 1.98. The molecular formula is C12H24O. The Morgan fingerprint density at radius 3 is 2.38 bits per heavy atom. The maximum atomic E-state index is 5.91. The van der Waals surface area contributed by atoms with Crippen molar-refractivity contribution in [1.82, 2.24) is 0 Å². The third-order valence-corrected chi connectivity index (χ3v) is 1.83. The molecule has 0 radical (unpaired) electrons. The number of unbranched alkanes of at least 4 members (excludes halogenated alkanes) is 1. The van der Waals surface area contributed by atoms with Crippen LogP contribution in [0, 0.1) is 0 Å². The Labute approximate surface area is 83.2 Å². The topological polar surface area (TPSA) is 9.23 Å². The van der Waals surface area contributed by atoms with E-state index in [1.807, 2.05) is 6.08 Å². The highest BCUT2D eigenvalue weighted by Gasteiger charge is 2.16. The highest BCUT2D eigenvalue weighted by atomic mass is 16.5. The van der Waals surface area contributed by atoms with Crippen molar-refractivity contribution >= 4 is 0 Å². The number of hydrogen-bond donors (Lipinski definition) is 0. The van der Waals surface area contributed by atoms with Gasteiger partial charge in [-0.15, -0.1) is 6.58 Å². The lowest BCUT2D eigenvalue weighted by Gasteiger charge is -2.27. The summed E-state index contributed by atoms with van der Waals surface area (Å²) in [6.07, 6.45) is 6.91. The molecule has 1 nitrogen and oxygen atoms in total. The van der Waals surface area contributed by atoms with Crippen LogP contribution in [0.5, 0.6) is 0 Å². The Balaban J connectivity index is 3.86. The van der Waals surface area contributed by atoms with Crippen LogP contribution in [0.25, 0.3) is 0 Å². The quantitative estimate of drug-likeness (QED) is 0.568. The minimum atomic E-state index is -0.0264. The lowest BCUT2D eigenvalue weighted by atomic mass is 10.1. The minimum Gasteiger partial charge on any atom is -0.372 e. The van der Waals surface area contributed by atoms with Crippen molar-refractivity contribution in [1.29, 1.82) is 0 Å². The third-order valence-electron chi connectivity index (χ3n) is 1.83. The second-order valence-electron chi connectivity index (χ2n) is 4.52. The van der Waals surface area contributed by atoms with Crippen molar-refractivity contribution in [3.63, 3.8) is 0 Å². The van der Waals surface area contributed by atoms with Gasteiger partial charge in [0.2, 0.25) is 0 Å². The van der Waals surface area contributed by atoms with E-state index < -0.39 is 0 Å². The second-order valence-corrected chi connectivity index (χ2v) is 4.52. The zero-order chi connectivity index (χ0) is 10.3. The largest absolute Gasteiger partial charge is 0.372 e. The first kappa shape index (κ1) is 12.7. The van der Waals surface area contributed by atoms with Crippen molar-refractivity contribution in [3.8, 4) is 0 Å². The zero-order valence-electron chi connectivity index (χ0n) is 9.60. The number of rotatable bonds is 6. The SMILES string of the molecule is C=CCC(CCCC)OC(C)(C)C. The molecule has 0 aliphatic carbocycles. The molecule has 0 aliphatic heterocycles. The summed E-state index contributed by atoms with van der Waals surface area (Å²) in [5.41, 5.74) is -0.0264. The Morgan fingerprint density at radius 1 is 1.38 bits per heavy atom. The van der Waals surface area contributed by atoms with Crippen molar-refractivity contribution in [2.45, 2.75) is 65.1 Å². The highest BCUT2D eigenvalue weighted by molar-refractivity contribution is 4.76. The summed E-state index contributed by atoms with van der Waals surface area (Å²) in [5, 5.41) is 0. The Bertz CT molecular complexity index is 133. The van der Waals surface area contributed by atoms with Crippen LogP contribution in [0.3, 0.4) is 0 Å². The molecule has 0 N–H and O–H groups in total. The van der Waals surface area contributed by atoms with Crippen LogP contribution >= 0.6 is 0 Å². The molecule has 0 spiro atoms. The molecule has 13 heavy (non-hydrogen) atoms. The van der Waals surface area contributed by atoms with E-state index in [0.717, 1.165) is 12.8 Å². The van der Waals surface area contributed by atoms with Gasteiger partial charge < -0.3 is 4.74 Å². The standard InChI is InChI=1S/C12H24O/c1-6-8-10-11(9-7-2)13-12(3,4)5/h7,11H,2,6,8-10H2,1,3-5H3. The first-order valence-electron chi connectivity index (χ1n) is 5.28. The molecule has 0 bridgehead atoms. The molecule has 1 atom stereocenters. The average molecular weight is 184 g/mol. The van der Waals surface area contributed by atoms with E-state index in [4.69, 9.17) is 4.74 Å². The van der Waals surface area contributed by atoms with E-state index in [9.17, 15) is 0 Å². The van der Waals surface area contributed by atoms with Gasteiger partial charge in [0.1, 0.15) is 0 Å². The van der Waals surface area contributed by atoms with Gasteiger partial charge in [-0.1, -0.05) is 25.8 Å². The van der Waals surface area contributed by atoms with E-state index in [2.05, 4.69) is 34.3 Å². The lowest BCUT2D eigenvalue weighted by molar-refractivity contribution is -0.0619. The van der Waals surface area contributed by atoms with Crippen molar-refractivity contribution in [2.24, 2.45) is 0 Å². The molecule has 0 saturated carbocycles. The van der Waals surface area contributed by atoms with Gasteiger partial charge in [-0.2, -0.15) is 0 Å². The fourth-order valence-corrected chi connectivity index (χ4v) is 1.34. The molecular weight excluding hydrogens is 160 g/mol. The van der Waals surface area contributed by atoms with E-state index in [0.29, 0.717) is 6.10 Å². The van der Waals surface area contributed by atoms with Gasteiger partial charge in [-0.05, 0) is 33.6 Å². The molecule has 0 aromatic carbocycles. The fourth-order valence-electron chi connectivity index (χ4n) is 1.34. The highest BCUT2D eigenvalue weighted by Crippen LogP contribution is 2.17. The van der Waals surface area contributed by atoms with E-state index in [1.54, 1.807) is 0 Å². The van der Waals surface area contributed by atoms with Crippen LogP contribution < -0.4 is 0 Å². The van der Waals surface area contributed by atoms with Gasteiger partial charge in [0.25, 0.3) is 0 Å². The van der Waals surface area contributed by atoms with Crippen LogP contribution in [0.15, 0.2) is 12.7 Å². The number of ether oxygens (including phenoxy) is 1. The monoisotopic (exact) mass is 184 g/mol. The molecule has 0 rings (SSSR count). The molecule has 0 aliphatic rings. The summed E-state index contributed by atoms with van der Waals surface area (Å²) in [7, 11) is 0. The molecule has 0 aromatic rings. The van der Waals surface area contributed by atoms with Crippen molar-refractivity contribution < 1.29 is 4.74 Å². The van der Waals surface area contributed by atoms with Crippen LogP contribution in [-0.4, -0.2) is 11.7 Å². The Hall–Kier alpha value is -0.300. The summed E-state index contributed by atoms with van der Waals surface area (Å²) in [5.74, 6) is 0. The second kappa shape index (κ2) is 6.20. The molecule has 0 heterocycles. The van der Waals surface area contributed by atoms with Crippen LogP contribution in [0.4, 0.5) is 0 Å². The predicted molar refractivity (Wildman–Crippen MR) is 59.0 cm³/mol. The van der Waals surface area contributed by atoms with Gasteiger partial charge in [-0.25, -0.2) is 0 Å². The molecule has 1 heteroatoms. The van der Waals surface area contributed by atoms with Crippen LogP contribution in [0.2, 0.25) is 0 Å². The van der Waals surface area contributed by atoms with Gasteiger partial charge in [0.05, 0.1) is 11.7 Å². The molecule has 0 fully saturated rings. The Morgan fingerprint density at radius 2 is 2.00 bits per heavy atom. The van der Waals surface area contributed by atoms with Crippen LogP contribution in [0.1, 0.15) is 53.4 Å². The summed E-state index contributed by atoms with van der Waals surface area (Å²) in [6, 6.07) is 0. The molecule has 0 saturated heterocycles. The number of hydrogen-bond acceptors (Lipinski definition) is 1. The summed E-state index contributed by atoms with van der Waals surface area (Å²) >= 11 is 0. The summed E-state index contributed by atoms with van der Waals surface area (Å²) in [4.78, 5) is 0. The van der Waals surface area contributed by atoms with Crippen molar-refractivity contribution in [3.05, 3.63) is 12.7 Å². The third kappa shape index (κ3) is 8.04. The van der Waals surface area contributed by atoms with Gasteiger partial charge in [0, 0.05) is 0 Å². The normalized spacial score (nSPS) is 14.2.